The van der Waals surface area contributed by atoms with Crippen LogP contribution >= 0.6 is 11.8 Å². The summed E-state index contributed by atoms with van der Waals surface area (Å²) in [5.74, 6) is 0.848. The zero-order valence-corrected chi connectivity index (χ0v) is 21.1. The monoisotopic (exact) mass is 519 g/mol. The Hall–Kier alpha value is -2.52. The second-order valence-electron chi connectivity index (χ2n) is 9.57. The molecule has 0 spiro atoms. The van der Waals surface area contributed by atoms with Crippen LogP contribution in [0.15, 0.2) is 48.5 Å². The summed E-state index contributed by atoms with van der Waals surface area (Å²) in [4.78, 5) is 27.8. The Bertz CT molecular complexity index is 1040. The minimum Gasteiger partial charge on any atom is -0.341 e. The van der Waals surface area contributed by atoms with Crippen LogP contribution in [0.25, 0.3) is 0 Å². The van der Waals surface area contributed by atoms with Crippen LogP contribution in [-0.2, 0) is 11.0 Å². The lowest BCUT2D eigenvalue weighted by Crippen LogP contribution is -2.51. The third-order valence-corrected chi connectivity index (χ3v) is 7.71. The molecule has 194 valence electrons. The highest BCUT2D eigenvalue weighted by atomic mass is 32.2. The molecular weight excluding hydrogens is 487 g/mol. The van der Waals surface area contributed by atoms with Gasteiger partial charge in [-0.2, -0.15) is 13.2 Å². The Kier molecular flexibility index (Phi) is 8.62. The van der Waals surface area contributed by atoms with E-state index in [1.165, 1.54) is 11.1 Å². The summed E-state index contributed by atoms with van der Waals surface area (Å²) >= 11 is 1.54. The molecule has 1 heterocycles. The second-order valence-corrected chi connectivity index (χ2v) is 10.6. The fourth-order valence-electron chi connectivity index (χ4n) is 4.51. The Morgan fingerprint density at radius 1 is 1.03 bits per heavy atom. The molecule has 1 saturated heterocycles. The molecule has 0 aromatic heterocycles. The number of nitrogens with zero attached hydrogens (tertiary/aromatic N) is 1. The maximum Gasteiger partial charge on any atom is 0.416 e. The van der Waals surface area contributed by atoms with E-state index in [9.17, 15) is 22.8 Å². The quantitative estimate of drug-likeness (QED) is 0.363. The molecule has 9 heteroatoms. The van der Waals surface area contributed by atoms with E-state index in [1.807, 2.05) is 0 Å². The molecule has 1 aliphatic carbocycles. The molecule has 1 aliphatic heterocycles. The van der Waals surface area contributed by atoms with Crippen molar-refractivity contribution in [3.63, 3.8) is 0 Å². The number of benzene rings is 2. The summed E-state index contributed by atoms with van der Waals surface area (Å²) in [5, 5.41) is 6.29. The number of hydrogen-bond acceptors (Lipinski definition) is 4. The topological polar surface area (TPSA) is 61.4 Å². The number of carbonyl (C=O) groups excluding carboxylic acids is 2. The van der Waals surface area contributed by atoms with Crippen LogP contribution in [0.4, 0.5) is 13.2 Å². The Morgan fingerprint density at radius 3 is 2.33 bits per heavy atom. The number of likely N-dealkylation sites (tertiary alicyclic amines) is 1. The van der Waals surface area contributed by atoms with E-state index >= 15 is 0 Å². The third-order valence-electron chi connectivity index (χ3n) is 6.77. The van der Waals surface area contributed by atoms with Crippen LogP contribution in [0.5, 0.6) is 0 Å². The Labute approximate surface area is 214 Å². The van der Waals surface area contributed by atoms with E-state index in [4.69, 9.17) is 0 Å². The molecule has 1 unspecified atom stereocenters. The summed E-state index contributed by atoms with van der Waals surface area (Å²) in [7, 11) is 0. The van der Waals surface area contributed by atoms with E-state index in [2.05, 4.69) is 41.8 Å². The first-order valence-corrected chi connectivity index (χ1v) is 13.5. The van der Waals surface area contributed by atoms with Gasteiger partial charge in [-0.05, 0) is 62.4 Å². The number of nitrogens with one attached hydrogen (secondary N) is 2. The van der Waals surface area contributed by atoms with Crippen molar-refractivity contribution in [1.29, 1.82) is 0 Å². The van der Waals surface area contributed by atoms with Crippen LogP contribution in [0.1, 0.15) is 58.6 Å². The SMILES string of the molecule is Cc1ccc([C@@H]2CC2NCSC[C@H](NC(=O)c2ccc(C(F)(F)F)cc2)C(=O)N2CCCCC2)cc1. The fourth-order valence-corrected chi connectivity index (χ4v) is 5.42. The molecular formula is C27H32F3N3O2S. The van der Waals surface area contributed by atoms with Gasteiger partial charge in [-0.1, -0.05) is 29.8 Å². The maximum absolute atomic E-state index is 13.2. The number of alkyl halides is 3. The van der Waals surface area contributed by atoms with Crippen molar-refractivity contribution in [3.05, 3.63) is 70.8 Å². The number of amides is 2. The van der Waals surface area contributed by atoms with Gasteiger partial charge in [-0.3, -0.25) is 9.59 Å². The highest BCUT2D eigenvalue weighted by Gasteiger charge is 2.38. The Balaban J connectivity index is 1.32. The molecule has 0 bridgehead atoms. The lowest BCUT2D eigenvalue weighted by molar-refractivity contribution is -0.137. The van der Waals surface area contributed by atoms with Gasteiger partial charge in [0.1, 0.15) is 6.04 Å². The first-order valence-electron chi connectivity index (χ1n) is 12.4. The van der Waals surface area contributed by atoms with Gasteiger partial charge in [0.05, 0.1) is 5.56 Å². The summed E-state index contributed by atoms with van der Waals surface area (Å²) in [6.07, 6.45) is -0.450. The highest BCUT2D eigenvalue weighted by molar-refractivity contribution is 7.99. The van der Waals surface area contributed by atoms with Crippen LogP contribution < -0.4 is 10.6 Å². The summed E-state index contributed by atoms with van der Waals surface area (Å²) < 4.78 is 38.6. The van der Waals surface area contributed by atoms with Crippen molar-refractivity contribution in [2.75, 3.05) is 24.7 Å². The predicted octanol–water partition coefficient (Wildman–Crippen LogP) is 4.96. The molecule has 2 N–H and O–H groups in total. The molecule has 36 heavy (non-hydrogen) atoms. The summed E-state index contributed by atoms with van der Waals surface area (Å²) in [5.41, 5.74) is 1.85. The van der Waals surface area contributed by atoms with Crippen LogP contribution in [-0.4, -0.2) is 53.5 Å². The zero-order valence-electron chi connectivity index (χ0n) is 20.3. The van der Waals surface area contributed by atoms with Crippen molar-refractivity contribution < 1.29 is 22.8 Å². The molecule has 2 amide bonds. The second kappa shape index (κ2) is 11.7. The molecule has 2 fully saturated rings. The average Bonchev–Trinajstić information content (AvgIpc) is 3.65. The number of thioether (sulfide) groups is 1. The van der Waals surface area contributed by atoms with E-state index in [0.717, 1.165) is 49.9 Å². The van der Waals surface area contributed by atoms with Crippen molar-refractivity contribution in [3.8, 4) is 0 Å². The summed E-state index contributed by atoms with van der Waals surface area (Å²) in [6.45, 7) is 3.39. The number of piperidine rings is 1. The van der Waals surface area contributed by atoms with Crippen LogP contribution in [0, 0.1) is 6.92 Å². The van der Waals surface area contributed by atoms with Gasteiger partial charge >= 0.3 is 6.18 Å². The Morgan fingerprint density at radius 2 is 1.69 bits per heavy atom. The minimum atomic E-state index is -4.47. The number of halogens is 3. The van der Waals surface area contributed by atoms with Crippen molar-refractivity contribution >= 4 is 23.6 Å². The van der Waals surface area contributed by atoms with Crippen LogP contribution in [0.2, 0.25) is 0 Å². The van der Waals surface area contributed by atoms with Gasteiger partial charge in [0.25, 0.3) is 5.91 Å². The molecule has 2 aromatic carbocycles. The minimum absolute atomic E-state index is 0.0986. The smallest absolute Gasteiger partial charge is 0.341 e. The zero-order chi connectivity index (χ0) is 25.7. The number of carbonyl (C=O) groups is 2. The predicted molar refractivity (Wildman–Crippen MR) is 136 cm³/mol. The number of aryl methyl sites for hydroxylation is 1. The number of rotatable bonds is 9. The fraction of sp³-hybridized carbons (Fsp3) is 0.481. The number of hydrogen-bond donors (Lipinski definition) is 2. The van der Waals surface area contributed by atoms with E-state index < -0.39 is 23.7 Å². The normalized spacial score (nSPS) is 20.6. The maximum atomic E-state index is 13.2. The van der Waals surface area contributed by atoms with Crippen molar-refractivity contribution in [1.82, 2.24) is 15.5 Å². The van der Waals surface area contributed by atoms with Gasteiger partial charge in [0.15, 0.2) is 0 Å². The van der Waals surface area contributed by atoms with Gasteiger partial charge < -0.3 is 15.5 Å². The third kappa shape index (κ3) is 7.03. The summed E-state index contributed by atoms with van der Waals surface area (Å²) in [6, 6.07) is 12.3. The molecule has 2 aliphatic rings. The molecule has 0 radical (unpaired) electrons. The van der Waals surface area contributed by atoms with Crippen LogP contribution in [0.3, 0.4) is 0 Å². The van der Waals surface area contributed by atoms with E-state index in [0.29, 0.717) is 36.7 Å². The van der Waals surface area contributed by atoms with E-state index in [1.54, 1.807) is 16.7 Å². The highest BCUT2D eigenvalue weighted by Crippen LogP contribution is 2.41. The standard InChI is InChI=1S/C27H32F3N3O2S/c1-18-5-7-19(8-6-18)22-15-23(22)31-17-36-16-24(26(35)33-13-3-2-4-14-33)32-25(34)20-9-11-21(12-10-20)27(28,29)30/h5-12,22-24,31H,2-4,13-17H2,1H3,(H,32,34)/t22-,23?,24-/m0/s1. The van der Waals surface area contributed by atoms with Gasteiger partial charge in [0, 0.05) is 42.2 Å². The molecule has 1 saturated carbocycles. The molecule has 3 atom stereocenters. The van der Waals surface area contributed by atoms with Crippen molar-refractivity contribution in [2.45, 2.75) is 56.8 Å². The molecule has 5 nitrogen and oxygen atoms in total. The first kappa shape index (κ1) is 26.5. The van der Waals surface area contributed by atoms with E-state index in [-0.39, 0.29) is 11.5 Å². The van der Waals surface area contributed by atoms with Gasteiger partial charge in [0.2, 0.25) is 5.91 Å². The van der Waals surface area contributed by atoms with Crippen molar-refractivity contribution in [2.24, 2.45) is 0 Å². The van der Waals surface area contributed by atoms with Gasteiger partial charge in [-0.25, -0.2) is 0 Å². The molecule has 2 aromatic rings. The first-order chi connectivity index (χ1) is 17.2. The molecule has 4 rings (SSSR count). The lowest BCUT2D eigenvalue weighted by Gasteiger charge is -2.30. The largest absolute Gasteiger partial charge is 0.416 e. The lowest BCUT2D eigenvalue weighted by atomic mass is 10.1. The van der Waals surface area contributed by atoms with Gasteiger partial charge in [-0.15, -0.1) is 11.8 Å². The average molecular weight is 520 g/mol.